The monoisotopic (exact) mass is 491 g/mol. The zero-order valence-corrected chi connectivity index (χ0v) is 20.4. The van der Waals surface area contributed by atoms with Gasteiger partial charge in [0, 0.05) is 18.3 Å². The van der Waals surface area contributed by atoms with Crippen LogP contribution in [0.1, 0.15) is 40.3 Å². The van der Waals surface area contributed by atoms with Crippen molar-refractivity contribution in [3.8, 4) is 0 Å². The van der Waals surface area contributed by atoms with Gasteiger partial charge in [-0.2, -0.15) is 0 Å². The van der Waals surface area contributed by atoms with E-state index in [1.54, 1.807) is 30.7 Å². The number of nitrogens with one attached hydrogen (secondary N) is 2. The van der Waals surface area contributed by atoms with Crippen LogP contribution in [-0.4, -0.2) is 32.3 Å². The number of carbonyl (C=O) groups excluding carboxylic acids is 2. The second-order valence-electron chi connectivity index (χ2n) is 7.31. The Morgan fingerprint density at radius 3 is 2.59 bits per heavy atom. The normalized spacial score (nSPS) is 11.8. The van der Waals surface area contributed by atoms with E-state index in [-0.39, 0.29) is 17.6 Å². The lowest BCUT2D eigenvalue weighted by Gasteiger charge is -2.14. The maximum atomic E-state index is 12.5. The Labute approximate surface area is 200 Å². The van der Waals surface area contributed by atoms with Gasteiger partial charge in [-0.25, -0.2) is 0 Å². The van der Waals surface area contributed by atoms with Crippen molar-refractivity contribution in [3.05, 3.63) is 69.0 Å². The first kappa shape index (κ1) is 24.1. The molecule has 168 valence electrons. The molecule has 3 rings (SSSR count). The number of hydrogen-bond acceptors (Lipinski definition) is 5. The fraction of sp³-hybridized carbons (Fsp3) is 0.273. The second kappa shape index (κ2) is 10.4. The zero-order valence-electron chi connectivity index (χ0n) is 18.1. The maximum Gasteiger partial charge on any atom is 0.251 e. The van der Waals surface area contributed by atoms with Crippen molar-refractivity contribution in [2.45, 2.75) is 32.0 Å². The number of halogens is 2. The molecule has 2 aromatic carbocycles. The molecular formula is C22H23Cl2N5O2S. The van der Waals surface area contributed by atoms with Gasteiger partial charge in [-0.3, -0.25) is 9.59 Å². The average Bonchev–Trinajstić information content (AvgIpc) is 3.12. The van der Waals surface area contributed by atoms with E-state index in [0.29, 0.717) is 26.6 Å². The Kier molecular flexibility index (Phi) is 7.82. The molecule has 2 amide bonds. The summed E-state index contributed by atoms with van der Waals surface area (Å²) in [5.41, 5.74) is 3.35. The summed E-state index contributed by atoms with van der Waals surface area (Å²) in [6, 6.07) is 10.1. The van der Waals surface area contributed by atoms with E-state index in [9.17, 15) is 9.59 Å². The number of rotatable bonds is 7. The number of thioether (sulfide) groups is 1. The van der Waals surface area contributed by atoms with Crippen LogP contribution in [0.4, 0.5) is 5.69 Å². The maximum absolute atomic E-state index is 12.5. The SMILES string of the molecule is Cc1cccc(NC(=O)CSc2nnc([C@@H](C)NC(=O)c3ccc(Cl)c(Cl)c3)n2C)c1C. The van der Waals surface area contributed by atoms with Crippen molar-refractivity contribution in [2.24, 2.45) is 7.05 Å². The van der Waals surface area contributed by atoms with Crippen LogP contribution in [0.15, 0.2) is 41.6 Å². The molecule has 0 aliphatic rings. The fourth-order valence-electron chi connectivity index (χ4n) is 3.01. The van der Waals surface area contributed by atoms with Crippen molar-refractivity contribution < 1.29 is 9.59 Å². The van der Waals surface area contributed by atoms with Gasteiger partial charge >= 0.3 is 0 Å². The highest BCUT2D eigenvalue weighted by Crippen LogP contribution is 2.24. The lowest BCUT2D eigenvalue weighted by atomic mass is 10.1. The van der Waals surface area contributed by atoms with Gasteiger partial charge in [0.1, 0.15) is 0 Å². The van der Waals surface area contributed by atoms with Gasteiger partial charge in [0.05, 0.1) is 21.8 Å². The van der Waals surface area contributed by atoms with E-state index >= 15 is 0 Å². The molecule has 1 aromatic heterocycles. The largest absolute Gasteiger partial charge is 0.342 e. The first-order valence-corrected chi connectivity index (χ1v) is 11.6. The summed E-state index contributed by atoms with van der Waals surface area (Å²) in [4.78, 5) is 24.9. The van der Waals surface area contributed by atoms with Gasteiger partial charge in [-0.05, 0) is 56.2 Å². The summed E-state index contributed by atoms with van der Waals surface area (Å²) >= 11 is 13.2. The molecule has 0 saturated heterocycles. The third-order valence-electron chi connectivity index (χ3n) is 5.00. The number of aryl methyl sites for hydroxylation is 1. The van der Waals surface area contributed by atoms with Gasteiger partial charge in [0.2, 0.25) is 5.91 Å². The minimum atomic E-state index is -0.410. The van der Waals surface area contributed by atoms with Gasteiger partial charge in [0.25, 0.3) is 5.91 Å². The minimum absolute atomic E-state index is 0.130. The van der Waals surface area contributed by atoms with Gasteiger partial charge in [0.15, 0.2) is 11.0 Å². The van der Waals surface area contributed by atoms with Gasteiger partial charge in [-0.15, -0.1) is 10.2 Å². The van der Waals surface area contributed by atoms with Crippen molar-refractivity contribution in [1.29, 1.82) is 0 Å². The summed E-state index contributed by atoms with van der Waals surface area (Å²) in [7, 11) is 1.79. The summed E-state index contributed by atoms with van der Waals surface area (Å²) in [6.07, 6.45) is 0. The molecule has 1 heterocycles. The smallest absolute Gasteiger partial charge is 0.251 e. The highest BCUT2D eigenvalue weighted by Gasteiger charge is 2.19. The van der Waals surface area contributed by atoms with Crippen LogP contribution in [0.25, 0.3) is 0 Å². The summed E-state index contributed by atoms with van der Waals surface area (Å²) in [5, 5.41) is 15.4. The molecule has 10 heteroatoms. The lowest BCUT2D eigenvalue weighted by molar-refractivity contribution is -0.113. The minimum Gasteiger partial charge on any atom is -0.342 e. The van der Waals surface area contributed by atoms with E-state index < -0.39 is 6.04 Å². The van der Waals surface area contributed by atoms with Crippen molar-refractivity contribution in [1.82, 2.24) is 20.1 Å². The molecule has 0 bridgehead atoms. The molecule has 3 aromatic rings. The van der Waals surface area contributed by atoms with Crippen molar-refractivity contribution >= 4 is 52.5 Å². The zero-order chi connectivity index (χ0) is 23.4. The van der Waals surface area contributed by atoms with Crippen LogP contribution in [0.5, 0.6) is 0 Å². The van der Waals surface area contributed by atoms with Crippen LogP contribution in [0, 0.1) is 13.8 Å². The first-order valence-electron chi connectivity index (χ1n) is 9.81. The molecule has 1 atom stereocenters. The third-order valence-corrected chi connectivity index (χ3v) is 6.76. The summed E-state index contributed by atoms with van der Waals surface area (Å²) < 4.78 is 1.76. The van der Waals surface area contributed by atoms with Crippen LogP contribution in [0.3, 0.4) is 0 Å². The van der Waals surface area contributed by atoms with Crippen LogP contribution < -0.4 is 10.6 Å². The molecule has 0 spiro atoms. The number of benzene rings is 2. The predicted molar refractivity (Wildman–Crippen MR) is 129 cm³/mol. The third kappa shape index (κ3) is 5.62. The van der Waals surface area contributed by atoms with Crippen LogP contribution in [0.2, 0.25) is 10.0 Å². The Bertz CT molecular complexity index is 1170. The Morgan fingerprint density at radius 1 is 1.12 bits per heavy atom. The molecule has 0 aliphatic carbocycles. The van der Waals surface area contributed by atoms with Gasteiger partial charge < -0.3 is 15.2 Å². The number of anilines is 1. The fourth-order valence-corrected chi connectivity index (χ4v) is 4.03. The Morgan fingerprint density at radius 2 is 1.88 bits per heavy atom. The molecule has 2 N–H and O–H groups in total. The highest BCUT2D eigenvalue weighted by atomic mass is 35.5. The topological polar surface area (TPSA) is 88.9 Å². The highest BCUT2D eigenvalue weighted by molar-refractivity contribution is 7.99. The quantitative estimate of drug-likeness (QED) is 0.455. The number of nitrogens with zero attached hydrogens (tertiary/aromatic N) is 3. The molecule has 0 radical (unpaired) electrons. The van der Waals surface area contributed by atoms with E-state index in [2.05, 4.69) is 20.8 Å². The van der Waals surface area contributed by atoms with E-state index in [0.717, 1.165) is 16.8 Å². The number of hydrogen-bond donors (Lipinski definition) is 2. The lowest BCUT2D eigenvalue weighted by Crippen LogP contribution is -2.28. The molecule has 0 fully saturated rings. The first-order chi connectivity index (χ1) is 15.2. The van der Waals surface area contributed by atoms with E-state index in [4.69, 9.17) is 23.2 Å². The van der Waals surface area contributed by atoms with E-state index in [1.165, 1.54) is 17.8 Å². The summed E-state index contributed by atoms with van der Waals surface area (Å²) in [6.45, 7) is 5.78. The molecule has 0 unspecified atom stereocenters. The molecule has 0 saturated carbocycles. The summed E-state index contributed by atoms with van der Waals surface area (Å²) in [5.74, 6) is 0.315. The van der Waals surface area contributed by atoms with Gasteiger partial charge in [-0.1, -0.05) is 47.1 Å². The predicted octanol–water partition coefficient (Wildman–Crippen LogP) is 4.96. The molecule has 7 nitrogen and oxygen atoms in total. The molecular weight excluding hydrogens is 469 g/mol. The van der Waals surface area contributed by atoms with Crippen molar-refractivity contribution in [2.75, 3.05) is 11.1 Å². The molecule has 0 aliphatic heterocycles. The van der Waals surface area contributed by atoms with Crippen LogP contribution >= 0.6 is 35.0 Å². The van der Waals surface area contributed by atoms with E-state index in [1.807, 2.05) is 32.0 Å². The Balaban J connectivity index is 1.60. The van der Waals surface area contributed by atoms with Crippen molar-refractivity contribution in [3.63, 3.8) is 0 Å². The Hall–Kier alpha value is -2.55. The van der Waals surface area contributed by atoms with Crippen LogP contribution in [-0.2, 0) is 11.8 Å². The number of carbonyl (C=O) groups is 2. The number of aromatic nitrogens is 3. The molecule has 32 heavy (non-hydrogen) atoms. The standard InChI is InChI=1S/C22H23Cl2N5O2S/c1-12-6-5-7-18(13(12)2)26-19(30)11-32-22-28-27-20(29(22)4)14(3)25-21(31)15-8-9-16(23)17(24)10-15/h5-10,14H,11H2,1-4H3,(H,25,31)(H,26,30)/t14-/m1/s1. The average molecular weight is 492 g/mol. The second-order valence-corrected chi connectivity index (χ2v) is 9.07. The number of amides is 2.